The van der Waals surface area contributed by atoms with Gasteiger partial charge in [0.05, 0.1) is 11.2 Å². The molecule has 0 saturated heterocycles. The van der Waals surface area contributed by atoms with E-state index < -0.39 is 11.9 Å². The van der Waals surface area contributed by atoms with Crippen molar-refractivity contribution in [3.63, 3.8) is 0 Å². The number of hydrogen-bond acceptors (Lipinski definition) is 5. The average molecular weight is 478 g/mol. The summed E-state index contributed by atoms with van der Waals surface area (Å²) in [5.41, 5.74) is 3.42. The molecule has 4 heterocycles. The quantitative estimate of drug-likeness (QED) is 0.276. The standard InChI is InChI=1S/C24H21ClFN7O/c1-13(24(34)27-7-6-14-9-28-20-5-3-2-4-16(14)20)32-23-19(26)12-31-22(33-23)18-11-30-21-17(18)8-15(25)10-29-21/h2-5,8-13,28H,6-7H2,1H3,(H,27,34)(H,29,30)(H,31,32,33)/t13-/m0/s1. The van der Waals surface area contributed by atoms with E-state index in [1.165, 1.54) is 6.20 Å². The summed E-state index contributed by atoms with van der Waals surface area (Å²) in [6, 6.07) is 9.03. The highest BCUT2D eigenvalue weighted by Gasteiger charge is 2.18. The zero-order valence-electron chi connectivity index (χ0n) is 18.2. The van der Waals surface area contributed by atoms with E-state index in [0.717, 1.165) is 22.7 Å². The molecule has 0 bridgehead atoms. The predicted octanol–water partition coefficient (Wildman–Crippen LogP) is 4.45. The van der Waals surface area contributed by atoms with Crippen LogP contribution in [-0.2, 0) is 11.2 Å². The molecule has 0 radical (unpaired) electrons. The maximum atomic E-state index is 14.4. The average Bonchev–Trinajstić information content (AvgIpc) is 3.44. The first-order chi connectivity index (χ1) is 16.5. The molecule has 0 unspecified atom stereocenters. The summed E-state index contributed by atoms with van der Waals surface area (Å²) in [6.07, 6.45) is 6.91. The molecule has 0 saturated carbocycles. The van der Waals surface area contributed by atoms with Crippen LogP contribution in [-0.4, -0.2) is 43.4 Å². The van der Waals surface area contributed by atoms with Gasteiger partial charge in [0.1, 0.15) is 11.7 Å². The van der Waals surface area contributed by atoms with Gasteiger partial charge >= 0.3 is 0 Å². The smallest absolute Gasteiger partial charge is 0.242 e. The number of carbonyl (C=O) groups is 1. The molecule has 1 aromatic carbocycles. The number of pyridine rings is 1. The predicted molar refractivity (Wildman–Crippen MR) is 130 cm³/mol. The van der Waals surface area contributed by atoms with Gasteiger partial charge in [0.25, 0.3) is 0 Å². The number of hydrogen-bond donors (Lipinski definition) is 4. The van der Waals surface area contributed by atoms with Crippen molar-refractivity contribution in [1.29, 1.82) is 0 Å². The molecule has 1 amide bonds. The van der Waals surface area contributed by atoms with Gasteiger partial charge in [0.15, 0.2) is 17.5 Å². The van der Waals surface area contributed by atoms with E-state index in [9.17, 15) is 9.18 Å². The molecule has 10 heteroatoms. The number of amides is 1. The van der Waals surface area contributed by atoms with E-state index in [-0.39, 0.29) is 17.5 Å². The van der Waals surface area contributed by atoms with E-state index in [4.69, 9.17) is 11.6 Å². The summed E-state index contributed by atoms with van der Waals surface area (Å²) in [5.74, 6) is -0.694. The number of para-hydroxylation sites is 1. The van der Waals surface area contributed by atoms with Crippen LogP contribution in [0.3, 0.4) is 0 Å². The van der Waals surface area contributed by atoms with Gasteiger partial charge in [-0.05, 0) is 31.0 Å². The van der Waals surface area contributed by atoms with Crippen molar-refractivity contribution in [2.75, 3.05) is 11.9 Å². The molecule has 34 heavy (non-hydrogen) atoms. The van der Waals surface area contributed by atoms with E-state index in [0.29, 0.717) is 34.6 Å². The molecular formula is C24H21ClFN7O. The number of H-pyrrole nitrogens is 2. The Balaban J connectivity index is 1.26. The maximum Gasteiger partial charge on any atom is 0.242 e. The van der Waals surface area contributed by atoms with Gasteiger partial charge in [-0.3, -0.25) is 4.79 Å². The van der Waals surface area contributed by atoms with Gasteiger partial charge in [-0.1, -0.05) is 29.8 Å². The van der Waals surface area contributed by atoms with Crippen LogP contribution in [0.25, 0.3) is 33.3 Å². The van der Waals surface area contributed by atoms with Crippen molar-refractivity contribution >= 4 is 45.3 Å². The molecule has 172 valence electrons. The first-order valence-electron chi connectivity index (χ1n) is 10.7. The minimum atomic E-state index is -0.709. The molecule has 4 aromatic heterocycles. The third kappa shape index (κ3) is 4.29. The molecule has 4 N–H and O–H groups in total. The lowest BCUT2D eigenvalue weighted by Crippen LogP contribution is -2.38. The molecule has 0 aliphatic heterocycles. The largest absolute Gasteiger partial charge is 0.361 e. The molecule has 0 aliphatic carbocycles. The number of benzene rings is 1. The van der Waals surface area contributed by atoms with Crippen LogP contribution >= 0.6 is 11.6 Å². The first kappa shape index (κ1) is 21.8. The SMILES string of the molecule is C[C@H](Nc1nc(-c2c[nH]c3ncc(Cl)cc23)ncc1F)C(=O)NCCc1c[nH]c2ccccc12. The highest BCUT2D eigenvalue weighted by atomic mass is 35.5. The van der Waals surface area contributed by atoms with Crippen molar-refractivity contribution < 1.29 is 9.18 Å². The minimum Gasteiger partial charge on any atom is -0.361 e. The zero-order chi connectivity index (χ0) is 23.7. The first-order valence-corrected chi connectivity index (χ1v) is 11.1. The normalized spacial score (nSPS) is 12.2. The lowest BCUT2D eigenvalue weighted by molar-refractivity contribution is -0.121. The Kier molecular flexibility index (Phi) is 5.85. The van der Waals surface area contributed by atoms with Gasteiger partial charge in [-0.25, -0.2) is 19.3 Å². The molecule has 0 spiro atoms. The number of carbonyl (C=O) groups excluding carboxylic acids is 1. The summed E-state index contributed by atoms with van der Waals surface area (Å²) in [6.45, 7) is 2.10. The van der Waals surface area contributed by atoms with Gasteiger partial charge < -0.3 is 20.6 Å². The molecule has 8 nitrogen and oxygen atoms in total. The van der Waals surface area contributed by atoms with Gasteiger partial charge in [-0.2, -0.15) is 0 Å². The number of nitrogens with one attached hydrogen (secondary N) is 4. The highest BCUT2D eigenvalue weighted by molar-refractivity contribution is 6.31. The molecule has 0 fully saturated rings. The number of aromatic amines is 2. The third-order valence-corrected chi connectivity index (χ3v) is 5.80. The summed E-state index contributed by atoms with van der Waals surface area (Å²) in [7, 11) is 0. The summed E-state index contributed by atoms with van der Waals surface area (Å²) in [4.78, 5) is 31.5. The summed E-state index contributed by atoms with van der Waals surface area (Å²) < 4.78 is 14.4. The van der Waals surface area contributed by atoms with Crippen molar-refractivity contribution in [3.05, 3.63) is 71.5 Å². The van der Waals surface area contributed by atoms with E-state index in [1.54, 1.807) is 19.2 Å². The molecular weight excluding hydrogens is 457 g/mol. The number of fused-ring (bicyclic) bond motifs is 2. The molecule has 5 rings (SSSR count). The number of aromatic nitrogens is 5. The van der Waals surface area contributed by atoms with E-state index in [2.05, 4.69) is 35.6 Å². The fourth-order valence-corrected chi connectivity index (χ4v) is 4.00. The Hall–Kier alpha value is -3.98. The van der Waals surface area contributed by atoms with Crippen LogP contribution in [0.2, 0.25) is 5.02 Å². The van der Waals surface area contributed by atoms with Crippen LogP contribution < -0.4 is 10.6 Å². The third-order valence-electron chi connectivity index (χ3n) is 5.60. The number of anilines is 1. The molecule has 0 aliphatic rings. The van der Waals surface area contributed by atoms with E-state index in [1.807, 2.05) is 30.5 Å². The summed E-state index contributed by atoms with van der Waals surface area (Å²) in [5, 5.41) is 8.05. The van der Waals surface area contributed by atoms with Crippen LogP contribution in [0.1, 0.15) is 12.5 Å². The number of halogens is 2. The van der Waals surface area contributed by atoms with Crippen molar-refractivity contribution in [3.8, 4) is 11.4 Å². The van der Waals surface area contributed by atoms with Gasteiger partial charge in [0.2, 0.25) is 5.91 Å². The Bertz CT molecular complexity index is 1500. The maximum absolute atomic E-state index is 14.4. The second-order valence-corrected chi connectivity index (χ2v) is 8.35. The van der Waals surface area contributed by atoms with Crippen LogP contribution in [0.5, 0.6) is 0 Å². The topological polar surface area (TPSA) is 111 Å². The summed E-state index contributed by atoms with van der Waals surface area (Å²) >= 11 is 6.06. The second-order valence-electron chi connectivity index (χ2n) is 7.91. The number of rotatable bonds is 7. The van der Waals surface area contributed by atoms with Crippen molar-refractivity contribution in [2.45, 2.75) is 19.4 Å². The lowest BCUT2D eigenvalue weighted by atomic mass is 10.1. The Labute approximate surface area is 199 Å². The van der Waals surface area contributed by atoms with Crippen molar-refractivity contribution in [1.82, 2.24) is 30.2 Å². The van der Waals surface area contributed by atoms with Crippen molar-refractivity contribution in [2.24, 2.45) is 0 Å². The van der Waals surface area contributed by atoms with Gasteiger partial charge in [-0.15, -0.1) is 0 Å². The Morgan fingerprint density at radius 1 is 1.15 bits per heavy atom. The fourth-order valence-electron chi connectivity index (χ4n) is 3.84. The lowest BCUT2D eigenvalue weighted by Gasteiger charge is -2.15. The van der Waals surface area contributed by atoms with Crippen LogP contribution in [0.4, 0.5) is 10.2 Å². The number of nitrogens with zero attached hydrogens (tertiary/aromatic N) is 3. The molecule has 1 atom stereocenters. The zero-order valence-corrected chi connectivity index (χ0v) is 18.9. The Morgan fingerprint density at radius 2 is 2.00 bits per heavy atom. The molecule has 5 aromatic rings. The fraction of sp³-hybridized carbons (Fsp3) is 0.167. The van der Waals surface area contributed by atoms with Gasteiger partial charge in [0, 0.05) is 47.0 Å². The van der Waals surface area contributed by atoms with Crippen LogP contribution in [0, 0.1) is 5.82 Å². The highest BCUT2D eigenvalue weighted by Crippen LogP contribution is 2.28. The monoisotopic (exact) mass is 477 g/mol. The Morgan fingerprint density at radius 3 is 2.88 bits per heavy atom. The minimum absolute atomic E-state index is 0.0615. The van der Waals surface area contributed by atoms with E-state index >= 15 is 0 Å². The van der Waals surface area contributed by atoms with Crippen LogP contribution in [0.15, 0.2) is 55.1 Å². The second kappa shape index (κ2) is 9.11.